The quantitative estimate of drug-likeness (QED) is 0.569. The lowest BCUT2D eigenvalue weighted by molar-refractivity contribution is -0.143. The summed E-state index contributed by atoms with van der Waals surface area (Å²) >= 11 is 6.12. The Morgan fingerprint density at radius 1 is 1.14 bits per heavy atom. The summed E-state index contributed by atoms with van der Waals surface area (Å²) in [7, 11) is 0. The van der Waals surface area contributed by atoms with Crippen molar-refractivity contribution >= 4 is 34.4 Å². The molecule has 7 heteroatoms. The summed E-state index contributed by atoms with van der Waals surface area (Å²) in [4.78, 5) is 28.8. The Morgan fingerprint density at radius 2 is 1.86 bits per heavy atom. The fourth-order valence-electron chi connectivity index (χ4n) is 3.54. The van der Waals surface area contributed by atoms with Crippen molar-refractivity contribution in [1.29, 1.82) is 0 Å². The number of aromatic hydroxyl groups is 1. The maximum atomic E-state index is 13.0. The molecule has 1 aromatic heterocycles. The molecule has 2 N–H and O–H groups in total. The number of carbonyl (C=O) groups excluding carboxylic acids is 2. The summed E-state index contributed by atoms with van der Waals surface area (Å²) in [5, 5.41) is 10.9. The number of phenols is 1. The molecular formula is C22H22ClNO5. The van der Waals surface area contributed by atoms with E-state index in [1.54, 1.807) is 39.0 Å². The molecule has 0 saturated heterocycles. The zero-order chi connectivity index (χ0) is 21.1. The number of fused-ring (bicyclic) bond motifs is 1. The average Bonchev–Trinajstić information content (AvgIpc) is 2.98. The topological polar surface area (TPSA) is 88.6 Å². The molecule has 0 spiro atoms. The van der Waals surface area contributed by atoms with Gasteiger partial charge in [-0.05, 0) is 56.2 Å². The van der Waals surface area contributed by atoms with Gasteiger partial charge in [0.1, 0.15) is 11.7 Å². The van der Waals surface area contributed by atoms with Crippen molar-refractivity contribution in [3.63, 3.8) is 0 Å². The molecule has 0 bridgehead atoms. The number of hydrogen-bond acceptors (Lipinski definition) is 5. The van der Waals surface area contributed by atoms with Gasteiger partial charge in [-0.25, -0.2) is 4.79 Å². The first-order valence-corrected chi connectivity index (χ1v) is 9.69. The van der Waals surface area contributed by atoms with E-state index in [0.29, 0.717) is 33.3 Å². The molecule has 1 atom stereocenters. The molecule has 0 aliphatic carbocycles. The SMILES string of the molecule is CCOC(=O)c1c(C)[nH]c2cccc(C(C(=O)OCC)c3cc(O)cc(Cl)c3)c12. The van der Waals surface area contributed by atoms with E-state index in [1.165, 1.54) is 12.1 Å². The second kappa shape index (κ2) is 8.57. The molecule has 152 valence electrons. The van der Waals surface area contributed by atoms with Crippen molar-refractivity contribution in [2.75, 3.05) is 13.2 Å². The molecule has 3 aromatic rings. The van der Waals surface area contributed by atoms with Crippen LogP contribution in [0.5, 0.6) is 5.75 Å². The molecule has 6 nitrogen and oxygen atoms in total. The van der Waals surface area contributed by atoms with Crippen LogP contribution in [0.3, 0.4) is 0 Å². The van der Waals surface area contributed by atoms with Gasteiger partial charge in [0, 0.05) is 21.6 Å². The van der Waals surface area contributed by atoms with Crippen LogP contribution in [-0.2, 0) is 14.3 Å². The molecule has 29 heavy (non-hydrogen) atoms. The van der Waals surface area contributed by atoms with E-state index < -0.39 is 17.9 Å². The van der Waals surface area contributed by atoms with Crippen LogP contribution in [-0.4, -0.2) is 35.2 Å². The van der Waals surface area contributed by atoms with Crippen LogP contribution in [0.4, 0.5) is 0 Å². The molecule has 1 unspecified atom stereocenters. The van der Waals surface area contributed by atoms with Crippen molar-refractivity contribution in [2.45, 2.75) is 26.7 Å². The van der Waals surface area contributed by atoms with Crippen molar-refractivity contribution in [2.24, 2.45) is 0 Å². The number of H-pyrrole nitrogens is 1. The van der Waals surface area contributed by atoms with Crippen LogP contribution in [0, 0.1) is 6.92 Å². The van der Waals surface area contributed by atoms with Crippen molar-refractivity contribution in [3.8, 4) is 5.75 Å². The highest BCUT2D eigenvalue weighted by atomic mass is 35.5. The Balaban J connectivity index is 2.30. The molecule has 0 aliphatic rings. The molecule has 0 radical (unpaired) electrons. The number of nitrogens with one attached hydrogen (secondary N) is 1. The van der Waals surface area contributed by atoms with Gasteiger partial charge >= 0.3 is 11.9 Å². The molecule has 0 saturated carbocycles. The first-order chi connectivity index (χ1) is 13.9. The number of rotatable bonds is 6. The number of ether oxygens (including phenoxy) is 2. The minimum Gasteiger partial charge on any atom is -0.508 e. The van der Waals surface area contributed by atoms with E-state index in [2.05, 4.69) is 4.98 Å². The minimum atomic E-state index is -0.883. The molecule has 2 aromatic carbocycles. The zero-order valence-corrected chi connectivity index (χ0v) is 17.2. The van der Waals surface area contributed by atoms with E-state index >= 15 is 0 Å². The Labute approximate surface area is 173 Å². The third kappa shape index (κ3) is 4.07. The van der Waals surface area contributed by atoms with Gasteiger partial charge in [-0.1, -0.05) is 23.7 Å². The number of esters is 2. The summed E-state index contributed by atoms with van der Waals surface area (Å²) in [6.45, 7) is 5.65. The van der Waals surface area contributed by atoms with E-state index in [4.69, 9.17) is 21.1 Å². The van der Waals surface area contributed by atoms with Crippen LogP contribution < -0.4 is 0 Å². The normalized spacial score (nSPS) is 12.0. The van der Waals surface area contributed by atoms with Crippen molar-refractivity contribution in [1.82, 2.24) is 4.98 Å². The highest BCUT2D eigenvalue weighted by Crippen LogP contribution is 2.37. The van der Waals surface area contributed by atoms with Gasteiger partial charge < -0.3 is 19.6 Å². The first kappa shape index (κ1) is 20.7. The van der Waals surface area contributed by atoms with Crippen LogP contribution in [0.15, 0.2) is 36.4 Å². The minimum absolute atomic E-state index is 0.0650. The van der Waals surface area contributed by atoms with Crippen LogP contribution in [0.2, 0.25) is 5.02 Å². The maximum absolute atomic E-state index is 13.0. The lowest BCUT2D eigenvalue weighted by Gasteiger charge is -2.19. The summed E-state index contributed by atoms with van der Waals surface area (Å²) in [5.41, 5.74) is 2.74. The predicted octanol–water partition coefficient (Wildman–Crippen LogP) is 4.71. The predicted molar refractivity (Wildman–Crippen MR) is 111 cm³/mol. The Hall–Kier alpha value is -2.99. The van der Waals surface area contributed by atoms with Crippen LogP contribution >= 0.6 is 11.6 Å². The van der Waals surface area contributed by atoms with Gasteiger partial charge in [0.05, 0.1) is 18.8 Å². The summed E-state index contributed by atoms with van der Waals surface area (Å²) in [5.74, 6) is -1.92. The van der Waals surface area contributed by atoms with Gasteiger partial charge in [0.15, 0.2) is 0 Å². The van der Waals surface area contributed by atoms with E-state index in [0.717, 1.165) is 0 Å². The second-order valence-electron chi connectivity index (χ2n) is 6.54. The first-order valence-electron chi connectivity index (χ1n) is 9.31. The molecule has 0 fully saturated rings. The van der Waals surface area contributed by atoms with Gasteiger partial charge in [0.25, 0.3) is 0 Å². The van der Waals surface area contributed by atoms with E-state index in [1.807, 2.05) is 6.07 Å². The summed E-state index contributed by atoms with van der Waals surface area (Å²) < 4.78 is 10.5. The van der Waals surface area contributed by atoms with Crippen LogP contribution in [0.25, 0.3) is 10.9 Å². The molecule has 1 heterocycles. The summed E-state index contributed by atoms with van der Waals surface area (Å²) in [6, 6.07) is 9.84. The van der Waals surface area contributed by atoms with E-state index in [9.17, 15) is 14.7 Å². The maximum Gasteiger partial charge on any atom is 0.340 e. The van der Waals surface area contributed by atoms with Crippen molar-refractivity contribution < 1.29 is 24.2 Å². The number of aryl methyl sites for hydroxylation is 1. The number of carbonyl (C=O) groups is 2. The molecular weight excluding hydrogens is 394 g/mol. The Bertz CT molecular complexity index is 1050. The Morgan fingerprint density at radius 3 is 2.52 bits per heavy atom. The monoisotopic (exact) mass is 415 g/mol. The number of aromatic amines is 1. The van der Waals surface area contributed by atoms with Crippen molar-refractivity contribution in [3.05, 3.63) is 63.8 Å². The van der Waals surface area contributed by atoms with Gasteiger partial charge in [-0.2, -0.15) is 0 Å². The fourth-order valence-corrected chi connectivity index (χ4v) is 3.77. The number of hydrogen-bond donors (Lipinski definition) is 2. The lowest BCUT2D eigenvalue weighted by atomic mass is 9.87. The largest absolute Gasteiger partial charge is 0.508 e. The molecule has 3 rings (SSSR count). The molecule has 0 aliphatic heterocycles. The lowest BCUT2D eigenvalue weighted by Crippen LogP contribution is -2.18. The van der Waals surface area contributed by atoms with E-state index in [-0.39, 0.29) is 24.0 Å². The number of halogens is 1. The van der Waals surface area contributed by atoms with Gasteiger partial charge in [-0.15, -0.1) is 0 Å². The average molecular weight is 416 g/mol. The third-order valence-corrected chi connectivity index (χ3v) is 4.81. The standard InChI is InChI=1S/C22H22ClNO5/c1-4-28-21(26)18-12(3)24-17-8-6-7-16(20(17)18)19(22(27)29-5-2)13-9-14(23)11-15(25)10-13/h6-11,19,24-25H,4-5H2,1-3H3. The smallest absolute Gasteiger partial charge is 0.340 e. The zero-order valence-electron chi connectivity index (χ0n) is 16.4. The molecule has 0 amide bonds. The highest BCUT2D eigenvalue weighted by Gasteiger charge is 2.30. The van der Waals surface area contributed by atoms with Gasteiger partial charge in [-0.3, -0.25) is 4.79 Å². The van der Waals surface area contributed by atoms with Gasteiger partial charge in [0.2, 0.25) is 0 Å². The summed E-state index contributed by atoms with van der Waals surface area (Å²) in [6.07, 6.45) is 0. The highest BCUT2D eigenvalue weighted by molar-refractivity contribution is 6.30. The number of phenolic OH excluding ortho intramolecular Hbond substituents is 1. The Kier molecular flexibility index (Phi) is 6.13. The second-order valence-corrected chi connectivity index (χ2v) is 6.98. The number of aromatic nitrogens is 1. The van der Waals surface area contributed by atoms with Crippen LogP contribution in [0.1, 0.15) is 46.9 Å². The number of benzene rings is 2. The third-order valence-electron chi connectivity index (χ3n) is 4.59. The fraction of sp³-hybridized carbons (Fsp3) is 0.273.